The van der Waals surface area contributed by atoms with Crippen LogP contribution in [0.1, 0.15) is 17.7 Å². The SMILES string of the molecule is c1ccc(-c2n[nH]c3c2CC2(CC3)OCCO2)cc1. The number of nitrogens with one attached hydrogen (secondary N) is 1. The van der Waals surface area contributed by atoms with E-state index in [1.165, 1.54) is 11.3 Å². The van der Waals surface area contributed by atoms with Crippen LogP contribution < -0.4 is 0 Å². The molecular formula is C15H16N2O2. The standard InChI is InChI=1S/C15H16N2O2/c1-2-4-11(5-3-1)14-12-10-15(18-8-9-19-15)7-6-13(12)16-17-14/h1-5H,6-10H2,(H,16,17). The molecule has 0 unspecified atom stereocenters. The average molecular weight is 256 g/mol. The largest absolute Gasteiger partial charge is 0.347 e. The first kappa shape index (κ1) is 11.2. The third kappa shape index (κ3) is 1.79. The van der Waals surface area contributed by atoms with Crippen LogP contribution in [0, 0.1) is 0 Å². The van der Waals surface area contributed by atoms with Gasteiger partial charge in [0.2, 0.25) is 0 Å². The second-order valence-electron chi connectivity index (χ2n) is 5.18. The van der Waals surface area contributed by atoms with Crippen molar-refractivity contribution in [3.8, 4) is 11.3 Å². The van der Waals surface area contributed by atoms with E-state index in [1.807, 2.05) is 18.2 Å². The fraction of sp³-hybridized carbons (Fsp3) is 0.400. The van der Waals surface area contributed by atoms with Gasteiger partial charge in [0.1, 0.15) is 0 Å². The van der Waals surface area contributed by atoms with Crippen molar-refractivity contribution in [2.75, 3.05) is 13.2 Å². The van der Waals surface area contributed by atoms with Crippen molar-refractivity contribution in [3.05, 3.63) is 41.6 Å². The molecule has 1 N–H and O–H groups in total. The molecule has 0 saturated carbocycles. The van der Waals surface area contributed by atoms with E-state index in [4.69, 9.17) is 9.47 Å². The van der Waals surface area contributed by atoms with Crippen molar-refractivity contribution in [1.82, 2.24) is 10.2 Å². The Kier molecular flexibility index (Phi) is 2.47. The van der Waals surface area contributed by atoms with Gasteiger partial charge in [0.25, 0.3) is 0 Å². The van der Waals surface area contributed by atoms with Gasteiger partial charge in [-0.05, 0) is 6.42 Å². The summed E-state index contributed by atoms with van der Waals surface area (Å²) in [4.78, 5) is 0. The number of H-pyrrole nitrogens is 1. The van der Waals surface area contributed by atoms with Gasteiger partial charge in [-0.25, -0.2) is 0 Å². The molecule has 4 heteroatoms. The minimum absolute atomic E-state index is 0.402. The molecule has 1 spiro atoms. The van der Waals surface area contributed by atoms with Crippen LogP contribution in [0.2, 0.25) is 0 Å². The molecule has 1 aromatic carbocycles. The molecule has 0 atom stereocenters. The van der Waals surface area contributed by atoms with E-state index < -0.39 is 5.79 Å². The highest BCUT2D eigenvalue weighted by molar-refractivity contribution is 5.64. The Morgan fingerprint density at radius 1 is 1.11 bits per heavy atom. The number of nitrogens with zero attached hydrogens (tertiary/aromatic N) is 1. The summed E-state index contributed by atoms with van der Waals surface area (Å²) in [5.41, 5.74) is 4.66. The van der Waals surface area contributed by atoms with Crippen LogP contribution in [-0.4, -0.2) is 29.2 Å². The summed E-state index contributed by atoms with van der Waals surface area (Å²) in [6.45, 7) is 1.40. The topological polar surface area (TPSA) is 47.1 Å². The second-order valence-corrected chi connectivity index (χ2v) is 5.18. The van der Waals surface area contributed by atoms with Gasteiger partial charge in [-0.1, -0.05) is 30.3 Å². The molecule has 0 radical (unpaired) electrons. The van der Waals surface area contributed by atoms with Gasteiger partial charge in [0.05, 0.1) is 18.9 Å². The van der Waals surface area contributed by atoms with Crippen LogP contribution in [0.5, 0.6) is 0 Å². The maximum atomic E-state index is 5.83. The van der Waals surface area contributed by atoms with Crippen molar-refractivity contribution in [2.45, 2.75) is 25.0 Å². The number of hydrogen-bond donors (Lipinski definition) is 1. The summed E-state index contributed by atoms with van der Waals surface area (Å²) in [6, 6.07) is 10.3. The maximum absolute atomic E-state index is 5.83. The van der Waals surface area contributed by atoms with Gasteiger partial charge in [-0.2, -0.15) is 5.10 Å². The fourth-order valence-electron chi connectivity index (χ4n) is 3.05. The Labute approximate surface area is 111 Å². The first-order valence-corrected chi connectivity index (χ1v) is 6.76. The lowest BCUT2D eigenvalue weighted by Crippen LogP contribution is -2.36. The molecule has 2 heterocycles. The number of ether oxygens (including phenoxy) is 2. The number of aromatic amines is 1. The van der Waals surface area contributed by atoms with Crippen molar-refractivity contribution in [1.29, 1.82) is 0 Å². The Balaban J connectivity index is 1.75. The van der Waals surface area contributed by atoms with E-state index in [0.717, 1.165) is 30.5 Å². The zero-order valence-electron chi connectivity index (χ0n) is 10.7. The molecular weight excluding hydrogens is 240 g/mol. The number of fused-ring (bicyclic) bond motifs is 1. The first-order valence-electron chi connectivity index (χ1n) is 6.76. The van der Waals surface area contributed by atoms with Crippen LogP contribution >= 0.6 is 0 Å². The van der Waals surface area contributed by atoms with Crippen molar-refractivity contribution in [2.24, 2.45) is 0 Å². The van der Waals surface area contributed by atoms with Crippen molar-refractivity contribution in [3.63, 3.8) is 0 Å². The lowest BCUT2D eigenvalue weighted by molar-refractivity contribution is -0.163. The third-order valence-electron chi connectivity index (χ3n) is 4.02. The van der Waals surface area contributed by atoms with Crippen LogP contribution in [0.15, 0.2) is 30.3 Å². The van der Waals surface area contributed by atoms with E-state index in [1.54, 1.807) is 0 Å². The maximum Gasteiger partial charge on any atom is 0.173 e. The zero-order valence-corrected chi connectivity index (χ0v) is 10.7. The van der Waals surface area contributed by atoms with Gasteiger partial charge in [0, 0.05) is 29.7 Å². The van der Waals surface area contributed by atoms with Gasteiger partial charge >= 0.3 is 0 Å². The van der Waals surface area contributed by atoms with Crippen molar-refractivity contribution < 1.29 is 9.47 Å². The summed E-state index contributed by atoms with van der Waals surface area (Å²) in [5.74, 6) is -0.402. The highest BCUT2D eigenvalue weighted by Crippen LogP contribution is 2.38. The first-order chi connectivity index (χ1) is 9.36. The molecule has 2 aliphatic rings. The van der Waals surface area contributed by atoms with E-state index in [2.05, 4.69) is 22.3 Å². The van der Waals surface area contributed by atoms with E-state index in [9.17, 15) is 0 Å². The number of hydrogen-bond acceptors (Lipinski definition) is 3. The van der Waals surface area contributed by atoms with E-state index in [-0.39, 0.29) is 0 Å². The Morgan fingerprint density at radius 2 is 1.89 bits per heavy atom. The molecule has 1 fully saturated rings. The number of aromatic nitrogens is 2. The van der Waals surface area contributed by atoms with Crippen LogP contribution in [-0.2, 0) is 22.3 Å². The monoisotopic (exact) mass is 256 g/mol. The lowest BCUT2D eigenvalue weighted by atomic mass is 9.89. The van der Waals surface area contributed by atoms with Crippen molar-refractivity contribution >= 4 is 0 Å². The molecule has 4 nitrogen and oxygen atoms in total. The summed E-state index contributed by atoms with van der Waals surface area (Å²) in [6.07, 6.45) is 2.65. The van der Waals surface area contributed by atoms with Gasteiger partial charge in [0.15, 0.2) is 5.79 Å². The summed E-state index contributed by atoms with van der Waals surface area (Å²) >= 11 is 0. The molecule has 1 aliphatic heterocycles. The number of benzene rings is 1. The quantitative estimate of drug-likeness (QED) is 0.851. The van der Waals surface area contributed by atoms with E-state index in [0.29, 0.717) is 13.2 Å². The van der Waals surface area contributed by atoms with Crippen LogP contribution in [0.3, 0.4) is 0 Å². The molecule has 98 valence electrons. The highest BCUT2D eigenvalue weighted by atomic mass is 16.7. The molecule has 2 aromatic rings. The Hall–Kier alpha value is -1.65. The predicted octanol–water partition coefficient (Wildman–Crippen LogP) is 2.31. The summed E-state index contributed by atoms with van der Waals surface area (Å²) in [5, 5.41) is 7.66. The molecule has 1 aromatic heterocycles. The average Bonchev–Trinajstić information content (AvgIpc) is 3.07. The predicted molar refractivity (Wildman–Crippen MR) is 70.7 cm³/mol. The number of aryl methyl sites for hydroxylation is 1. The molecule has 19 heavy (non-hydrogen) atoms. The molecule has 1 aliphatic carbocycles. The summed E-state index contributed by atoms with van der Waals surface area (Å²) in [7, 11) is 0. The summed E-state index contributed by atoms with van der Waals surface area (Å²) < 4.78 is 11.7. The molecule has 1 saturated heterocycles. The fourth-order valence-corrected chi connectivity index (χ4v) is 3.05. The number of rotatable bonds is 1. The smallest absolute Gasteiger partial charge is 0.173 e. The van der Waals surface area contributed by atoms with Gasteiger partial charge in [-0.15, -0.1) is 0 Å². The Bertz CT molecular complexity index is 585. The lowest BCUT2D eigenvalue weighted by Gasteiger charge is -2.31. The second kappa shape index (κ2) is 4.18. The van der Waals surface area contributed by atoms with E-state index >= 15 is 0 Å². The highest BCUT2D eigenvalue weighted by Gasteiger charge is 2.41. The molecule has 0 bridgehead atoms. The third-order valence-corrected chi connectivity index (χ3v) is 4.02. The normalized spacial score (nSPS) is 20.6. The van der Waals surface area contributed by atoms with Crippen LogP contribution in [0.4, 0.5) is 0 Å². The molecule has 4 rings (SSSR count). The Morgan fingerprint density at radius 3 is 2.68 bits per heavy atom. The minimum Gasteiger partial charge on any atom is -0.347 e. The molecule has 0 amide bonds. The minimum atomic E-state index is -0.402. The van der Waals surface area contributed by atoms with Gasteiger partial charge < -0.3 is 9.47 Å². The van der Waals surface area contributed by atoms with Crippen LogP contribution in [0.25, 0.3) is 11.3 Å². The van der Waals surface area contributed by atoms with Gasteiger partial charge in [-0.3, -0.25) is 5.10 Å². The zero-order chi connectivity index (χ0) is 12.7.